The first-order valence-electron chi connectivity index (χ1n) is 4.48. The van der Waals surface area contributed by atoms with Crippen LogP contribution in [0, 0.1) is 0 Å². The fourth-order valence-electron chi connectivity index (χ4n) is 1.49. The molecule has 0 saturated carbocycles. The number of halogens is 3. The maximum absolute atomic E-state index is 6.17. The third-order valence-electron chi connectivity index (χ3n) is 2.19. The van der Waals surface area contributed by atoms with Crippen molar-refractivity contribution in [2.24, 2.45) is 0 Å². The summed E-state index contributed by atoms with van der Waals surface area (Å²) in [5.41, 5.74) is 1.03. The van der Waals surface area contributed by atoms with E-state index >= 15 is 0 Å². The van der Waals surface area contributed by atoms with Gasteiger partial charge in [0, 0.05) is 14.9 Å². The first kappa shape index (κ1) is 12.9. The maximum atomic E-state index is 6.17. The number of hydrogen-bond donors (Lipinski definition) is 1. The van der Waals surface area contributed by atoms with Crippen molar-refractivity contribution in [3.05, 3.63) is 41.1 Å². The largest absolute Gasteiger partial charge is 0.309 e. The van der Waals surface area contributed by atoms with Gasteiger partial charge in [-0.15, -0.1) is 22.7 Å². The Kier molecular flexibility index (Phi) is 4.32. The lowest BCUT2D eigenvalue weighted by atomic mass is 10.1. The van der Waals surface area contributed by atoms with Crippen LogP contribution in [0.3, 0.4) is 0 Å². The molecule has 2 rings (SSSR count). The van der Waals surface area contributed by atoms with Gasteiger partial charge in [-0.1, -0.05) is 23.2 Å². The van der Waals surface area contributed by atoms with Crippen molar-refractivity contribution in [2.45, 2.75) is 6.04 Å². The summed E-state index contributed by atoms with van der Waals surface area (Å²) in [4.78, 5) is 1.21. The van der Waals surface area contributed by atoms with Crippen molar-refractivity contribution in [3.8, 4) is 0 Å². The molecule has 6 heteroatoms. The van der Waals surface area contributed by atoms with Gasteiger partial charge in [-0.25, -0.2) is 0 Å². The Morgan fingerprint density at radius 1 is 1.44 bits per heavy atom. The molecule has 1 N–H and O–H groups in total. The summed E-state index contributed by atoms with van der Waals surface area (Å²) in [6, 6.07) is 4.04. The van der Waals surface area contributed by atoms with Crippen molar-refractivity contribution in [1.82, 2.24) is 5.32 Å². The Morgan fingerprint density at radius 2 is 2.19 bits per heavy atom. The molecule has 1 unspecified atom stereocenters. The lowest BCUT2D eigenvalue weighted by Gasteiger charge is -2.14. The zero-order chi connectivity index (χ0) is 11.7. The van der Waals surface area contributed by atoms with E-state index in [0.29, 0.717) is 4.34 Å². The molecule has 2 aromatic rings. The average molecular weight is 357 g/mol. The minimum atomic E-state index is 0.0885. The topological polar surface area (TPSA) is 12.0 Å². The molecule has 0 saturated heterocycles. The van der Waals surface area contributed by atoms with E-state index in [-0.39, 0.29) is 6.04 Å². The zero-order valence-corrected chi connectivity index (χ0v) is 13.0. The Morgan fingerprint density at radius 3 is 2.62 bits per heavy atom. The van der Waals surface area contributed by atoms with Crippen LogP contribution in [0.25, 0.3) is 0 Å². The van der Waals surface area contributed by atoms with Gasteiger partial charge in [-0.2, -0.15) is 0 Å². The molecule has 0 aliphatic heterocycles. The monoisotopic (exact) mass is 355 g/mol. The molecule has 0 spiro atoms. The Labute approximate surface area is 121 Å². The van der Waals surface area contributed by atoms with Gasteiger partial charge in [-0.05, 0) is 40.5 Å². The van der Waals surface area contributed by atoms with Gasteiger partial charge in [0.15, 0.2) is 0 Å². The number of rotatable bonds is 3. The molecule has 0 fully saturated rings. The summed E-state index contributed by atoms with van der Waals surface area (Å²) in [6.07, 6.45) is 0. The third-order valence-corrected chi connectivity index (χ3v) is 5.64. The molecule has 0 amide bonds. The molecule has 86 valence electrons. The molecule has 0 radical (unpaired) electrons. The number of nitrogens with one attached hydrogen (secondary N) is 1. The molecule has 0 aromatic carbocycles. The predicted molar refractivity (Wildman–Crippen MR) is 77.3 cm³/mol. The van der Waals surface area contributed by atoms with E-state index in [2.05, 4.69) is 21.2 Å². The van der Waals surface area contributed by atoms with Crippen molar-refractivity contribution >= 4 is 61.8 Å². The second-order valence-corrected chi connectivity index (χ2v) is 7.22. The third kappa shape index (κ3) is 2.47. The van der Waals surface area contributed by atoms with Gasteiger partial charge in [0.05, 0.1) is 14.7 Å². The highest BCUT2D eigenvalue weighted by atomic mass is 79.9. The van der Waals surface area contributed by atoms with Crippen molar-refractivity contribution in [1.29, 1.82) is 0 Å². The lowest BCUT2D eigenvalue weighted by molar-refractivity contribution is 0.704. The van der Waals surface area contributed by atoms with Crippen LogP contribution in [0.4, 0.5) is 0 Å². The summed E-state index contributed by atoms with van der Waals surface area (Å²) in [5, 5.41) is 5.31. The Bertz CT molecular complexity index is 495. The highest BCUT2D eigenvalue weighted by molar-refractivity contribution is 9.10. The summed E-state index contributed by atoms with van der Waals surface area (Å²) < 4.78 is 2.55. The fraction of sp³-hybridized carbons (Fsp3) is 0.200. The van der Waals surface area contributed by atoms with Crippen LogP contribution in [0.5, 0.6) is 0 Å². The maximum Gasteiger partial charge on any atom is 0.0995 e. The highest BCUT2D eigenvalue weighted by Crippen LogP contribution is 2.40. The first-order chi connectivity index (χ1) is 7.63. The smallest absolute Gasteiger partial charge is 0.0995 e. The molecule has 0 aliphatic rings. The van der Waals surface area contributed by atoms with Crippen LogP contribution in [-0.4, -0.2) is 7.05 Å². The molecule has 1 nitrogen and oxygen atoms in total. The van der Waals surface area contributed by atoms with Gasteiger partial charge in [-0.3, -0.25) is 0 Å². The van der Waals surface area contributed by atoms with Crippen LogP contribution in [0.1, 0.15) is 16.5 Å². The van der Waals surface area contributed by atoms with E-state index < -0.39 is 0 Å². The van der Waals surface area contributed by atoms with Gasteiger partial charge in [0.1, 0.15) is 0 Å². The van der Waals surface area contributed by atoms with Crippen molar-refractivity contribution in [2.75, 3.05) is 7.05 Å². The Hall–Kier alpha value is 0.420. The van der Waals surface area contributed by atoms with Gasteiger partial charge >= 0.3 is 0 Å². The molecule has 2 heterocycles. The van der Waals surface area contributed by atoms with E-state index in [0.717, 1.165) is 14.4 Å². The van der Waals surface area contributed by atoms with Crippen LogP contribution in [0.15, 0.2) is 22.0 Å². The van der Waals surface area contributed by atoms with Gasteiger partial charge < -0.3 is 5.32 Å². The summed E-state index contributed by atoms with van der Waals surface area (Å²) in [7, 11) is 1.92. The van der Waals surface area contributed by atoms with Gasteiger partial charge in [0.25, 0.3) is 0 Å². The molecule has 16 heavy (non-hydrogen) atoms. The molecule has 1 atom stereocenters. The average Bonchev–Trinajstić information content (AvgIpc) is 2.77. The molecular weight excluding hydrogens is 349 g/mol. The zero-order valence-electron chi connectivity index (χ0n) is 8.26. The van der Waals surface area contributed by atoms with E-state index in [9.17, 15) is 0 Å². The van der Waals surface area contributed by atoms with Crippen LogP contribution in [0.2, 0.25) is 8.67 Å². The van der Waals surface area contributed by atoms with Gasteiger partial charge in [0.2, 0.25) is 0 Å². The van der Waals surface area contributed by atoms with Crippen LogP contribution < -0.4 is 5.32 Å². The minimum Gasteiger partial charge on any atom is -0.309 e. The standard InChI is InChI=1S/C10H8BrCl2NS2/c1-14-8(9-6(11)2-3-15-9)5-4-7(12)16-10(5)13/h2-4,8,14H,1H3. The molecule has 2 aromatic heterocycles. The van der Waals surface area contributed by atoms with Crippen LogP contribution in [-0.2, 0) is 0 Å². The Balaban J connectivity index is 2.44. The minimum absolute atomic E-state index is 0.0885. The van der Waals surface area contributed by atoms with Crippen LogP contribution >= 0.6 is 61.8 Å². The lowest BCUT2D eigenvalue weighted by Crippen LogP contribution is -2.16. The van der Waals surface area contributed by atoms with E-state index in [1.54, 1.807) is 11.3 Å². The SMILES string of the molecule is CNC(c1cc(Cl)sc1Cl)c1sccc1Br. The number of thiophene rings is 2. The van der Waals surface area contributed by atoms with E-state index in [1.165, 1.54) is 16.2 Å². The first-order valence-corrected chi connectivity index (χ1v) is 7.73. The number of hydrogen-bond acceptors (Lipinski definition) is 3. The quantitative estimate of drug-likeness (QED) is 0.798. The second-order valence-electron chi connectivity index (χ2n) is 3.13. The summed E-state index contributed by atoms with van der Waals surface area (Å²) in [6.45, 7) is 0. The van der Waals surface area contributed by atoms with E-state index in [1.807, 2.05) is 24.6 Å². The summed E-state index contributed by atoms with van der Waals surface area (Å²) >= 11 is 18.8. The van der Waals surface area contributed by atoms with Crippen molar-refractivity contribution < 1.29 is 0 Å². The highest BCUT2D eigenvalue weighted by Gasteiger charge is 2.20. The molecule has 0 bridgehead atoms. The molecular formula is C10H8BrCl2NS2. The summed E-state index contributed by atoms with van der Waals surface area (Å²) in [5.74, 6) is 0. The normalized spacial score (nSPS) is 13.0. The second kappa shape index (κ2) is 5.38. The fourth-order valence-corrected chi connectivity index (χ4v) is 4.75. The van der Waals surface area contributed by atoms with Crippen molar-refractivity contribution in [3.63, 3.8) is 0 Å². The predicted octanol–water partition coefficient (Wildman–Crippen LogP) is 5.19. The van der Waals surface area contributed by atoms with E-state index in [4.69, 9.17) is 23.2 Å². The molecule has 0 aliphatic carbocycles.